The van der Waals surface area contributed by atoms with Crippen molar-refractivity contribution >= 4 is 21.4 Å². The van der Waals surface area contributed by atoms with Gasteiger partial charge in [0.15, 0.2) is 14.9 Å². The van der Waals surface area contributed by atoms with Crippen molar-refractivity contribution in [3.8, 4) is 22.4 Å². The number of alkyl halides is 3. The Bertz CT molecular complexity index is 1060. The van der Waals surface area contributed by atoms with Crippen molar-refractivity contribution in [3.63, 3.8) is 0 Å². The zero-order valence-corrected chi connectivity index (χ0v) is 14.7. The molecule has 0 atom stereocenters. The maximum atomic E-state index is 13.4. The van der Waals surface area contributed by atoms with E-state index in [1.54, 1.807) is 18.2 Å². The van der Waals surface area contributed by atoms with Gasteiger partial charge in [0.2, 0.25) is 0 Å². The molecule has 26 heavy (non-hydrogen) atoms. The van der Waals surface area contributed by atoms with Gasteiger partial charge in [-0.05, 0) is 18.2 Å². The fourth-order valence-corrected chi connectivity index (χ4v) is 3.21. The molecule has 0 aliphatic carbocycles. The highest BCUT2D eigenvalue weighted by atomic mass is 35.5. The van der Waals surface area contributed by atoms with Crippen molar-refractivity contribution in [1.29, 1.82) is 0 Å². The molecule has 0 fully saturated rings. The van der Waals surface area contributed by atoms with E-state index in [2.05, 4.69) is 10.1 Å². The number of benzene rings is 1. The van der Waals surface area contributed by atoms with Crippen LogP contribution in [0.4, 0.5) is 13.2 Å². The zero-order chi connectivity index (χ0) is 19.1. The molecule has 0 saturated heterocycles. The lowest BCUT2D eigenvalue weighted by Gasteiger charge is -2.10. The van der Waals surface area contributed by atoms with Crippen LogP contribution in [0.2, 0.25) is 5.02 Å². The maximum Gasteiger partial charge on any atom is 0.433 e. The maximum absolute atomic E-state index is 13.4. The second-order valence-corrected chi connectivity index (χ2v) is 7.83. The molecule has 0 bridgehead atoms. The number of aromatic amines is 1. The van der Waals surface area contributed by atoms with E-state index in [1.165, 1.54) is 12.1 Å². The molecule has 3 aromatic rings. The molecule has 0 aliphatic rings. The van der Waals surface area contributed by atoms with E-state index in [9.17, 15) is 21.6 Å². The van der Waals surface area contributed by atoms with Crippen LogP contribution in [0.1, 0.15) is 5.69 Å². The number of nitrogens with zero attached hydrogens (tertiary/aromatic N) is 2. The van der Waals surface area contributed by atoms with Crippen LogP contribution in [0.15, 0.2) is 47.6 Å². The average Bonchev–Trinajstić information content (AvgIpc) is 2.99. The van der Waals surface area contributed by atoms with Gasteiger partial charge in [0.1, 0.15) is 11.4 Å². The summed E-state index contributed by atoms with van der Waals surface area (Å²) in [5.41, 5.74) is -0.951. The summed E-state index contributed by atoms with van der Waals surface area (Å²) in [5, 5.41) is 5.78. The fourth-order valence-electron chi connectivity index (χ4n) is 2.42. The quantitative estimate of drug-likeness (QED) is 0.713. The van der Waals surface area contributed by atoms with Crippen LogP contribution in [0.25, 0.3) is 22.4 Å². The molecule has 0 unspecified atom stereocenters. The summed E-state index contributed by atoms with van der Waals surface area (Å²) in [7, 11) is -3.57. The minimum absolute atomic E-state index is 0.00293. The predicted molar refractivity (Wildman–Crippen MR) is 90.4 cm³/mol. The van der Waals surface area contributed by atoms with Crippen molar-refractivity contribution in [1.82, 2.24) is 15.2 Å². The van der Waals surface area contributed by atoms with E-state index in [4.69, 9.17) is 11.6 Å². The molecule has 2 heterocycles. The normalized spacial score (nSPS) is 12.3. The first-order chi connectivity index (χ1) is 12.1. The molecule has 1 aromatic carbocycles. The number of nitrogens with one attached hydrogen (secondary N) is 1. The van der Waals surface area contributed by atoms with Gasteiger partial charge < -0.3 is 0 Å². The Kier molecular flexibility index (Phi) is 4.53. The third-order valence-corrected chi connectivity index (χ3v) is 4.91. The van der Waals surface area contributed by atoms with Gasteiger partial charge in [0.25, 0.3) is 0 Å². The van der Waals surface area contributed by atoms with Gasteiger partial charge in [-0.3, -0.25) is 5.10 Å². The molecule has 0 aliphatic heterocycles. The van der Waals surface area contributed by atoms with Gasteiger partial charge in [-0.1, -0.05) is 29.8 Å². The van der Waals surface area contributed by atoms with Gasteiger partial charge >= 0.3 is 6.18 Å². The Morgan fingerprint density at radius 1 is 1.12 bits per heavy atom. The smallest absolute Gasteiger partial charge is 0.272 e. The Balaban J connectivity index is 2.25. The van der Waals surface area contributed by atoms with E-state index in [0.717, 1.165) is 18.5 Å². The third-order valence-electron chi connectivity index (χ3n) is 3.58. The van der Waals surface area contributed by atoms with Crippen molar-refractivity contribution in [2.75, 3.05) is 6.26 Å². The van der Waals surface area contributed by atoms with Crippen LogP contribution in [0.5, 0.6) is 0 Å². The predicted octanol–water partition coefficient (Wildman–Crippen LogP) is 4.21. The number of hydrogen-bond donors (Lipinski definition) is 1. The van der Waals surface area contributed by atoms with Gasteiger partial charge in [-0.15, -0.1) is 0 Å². The standard InChI is InChI=1S/C16H11ClF3N3O2S/c1-26(24,25)12-7-6-9(8-21-12)13-14(10-4-2-3-5-11(10)17)22-23-15(13)16(18,19)20/h2-8H,1H3,(H,22,23). The SMILES string of the molecule is CS(=O)(=O)c1ccc(-c2c(-c3ccccc3Cl)n[nH]c2C(F)(F)F)cn1. The average molecular weight is 402 g/mol. The van der Waals surface area contributed by atoms with Crippen LogP contribution < -0.4 is 0 Å². The van der Waals surface area contributed by atoms with Crippen LogP contribution >= 0.6 is 11.6 Å². The summed E-state index contributed by atoms with van der Waals surface area (Å²) >= 11 is 6.10. The van der Waals surface area contributed by atoms with E-state index < -0.39 is 21.7 Å². The molecular formula is C16H11ClF3N3O2S. The lowest BCUT2D eigenvalue weighted by molar-refractivity contribution is -0.140. The number of sulfone groups is 1. The summed E-state index contributed by atoms with van der Waals surface area (Å²) in [4.78, 5) is 3.76. The number of hydrogen-bond acceptors (Lipinski definition) is 4. The largest absolute Gasteiger partial charge is 0.433 e. The molecule has 1 N–H and O–H groups in total. The minimum Gasteiger partial charge on any atom is -0.272 e. The molecular weight excluding hydrogens is 391 g/mol. The van der Waals surface area contributed by atoms with E-state index in [0.29, 0.717) is 5.56 Å². The second-order valence-electron chi connectivity index (χ2n) is 5.46. The molecule has 3 rings (SSSR count). The van der Waals surface area contributed by atoms with Gasteiger partial charge in [0, 0.05) is 29.1 Å². The monoisotopic (exact) mass is 401 g/mol. The van der Waals surface area contributed by atoms with E-state index >= 15 is 0 Å². The second kappa shape index (κ2) is 6.40. The van der Waals surface area contributed by atoms with Crippen molar-refractivity contribution in [2.24, 2.45) is 0 Å². The van der Waals surface area contributed by atoms with Crippen LogP contribution in [0, 0.1) is 0 Å². The molecule has 0 spiro atoms. The first kappa shape index (κ1) is 18.4. The molecule has 136 valence electrons. The van der Waals surface area contributed by atoms with Gasteiger partial charge in [-0.25, -0.2) is 13.4 Å². The number of rotatable bonds is 3. The number of halogens is 4. The van der Waals surface area contributed by atoms with Crippen LogP contribution in [0.3, 0.4) is 0 Å². The summed E-state index contributed by atoms with van der Waals surface area (Å²) in [6.07, 6.45) is -2.67. The van der Waals surface area contributed by atoms with Crippen molar-refractivity contribution < 1.29 is 21.6 Å². The third kappa shape index (κ3) is 3.45. The molecule has 10 heteroatoms. The first-order valence-corrected chi connectivity index (χ1v) is 9.43. The summed E-state index contributed by atoms with van der Waals surface area (Å²) in [6, 6.07) is 8.75. The van der Waals surface area contributed by atoms with E-state index in [-0.39, 0.29) is 26.9 Å². The summed E-state index contributed by atoms with van der Waals surface area (Å²) in [6.45, 7) is 0. The topological polar surface area (TPSA) is 75.7 Å². The van der Waals surface area contributed by atoms with Crippen LogP contribution in [-0.4, -0.2) is 29.9 Å². The van der Waals surface area contributed by atoms with Crippen LogP contribution in [-0.2, 0) is 16.0 Å². The molecule has 0 radical (unpaired) electrons. The number of H-pyrrole nitrogens is 1. The molecule has 5 nitrogen and oxygen atoms in total. The van der Waals surface area contributed by atoms with E-state index in [1.807, 2.05) is 5.10 Å². The Morgan fingerprint density at radius 2 is 1.81 bits per heavy atom. The van der Waals surface area contributed by atoms with Gasteiger partial charge in [0.05, 0.1) is 5.02 Å². The summed E-state index contributed by atoms with van der Waals surface area (Å²) < 4.78 is 63.3. The van der Waals surface area contributed by atoms with Gasteiger partial charge in [-0.2, -0.15) is 18.3 Å². The summed E-state index contributed by atoms with van der Waals surface area (Å²) in [5.74, 6) is 0. The minimum atomic E-state index is -4.70. The first-order valence-electron chi connectivity index (χ1n) is 7.16. The molecule has 0 saturated carbocycles. The Labute approximate surface area is 151 Å². The van der Waals surface area contributed by atoms with Crippen molar-refractivity contribution in [2.45, 2.75) is 11.2 Å². The highest BCUT2D eigenvalue weighted by Gasteiger charge is 2.38. The Hall–Kier alpha value is -2.39. The Morgan fingerprint density at radius 3 is 2.35 bits per heavy atom. The highest BCUT2D eigenvalue weighted by molar-refractivity contribution is 7.90. The molecule has 0 amide bonds. The zero-order valence-electron chi connectivity index (χ0n) is 13.2. The number of pyridine rings is 1. The van der Waals surface area contributed by atoms with Crippen molar-refractivity contribution in [3.05, 3.63) is 53.3 Å². The number of aromatic nitrogens is 3. The molecule has 2 aromatic heterocycles. The lowest BCUT2D eigenvalue weighted by atomic mass is 10.00. The lowest BCUT2D eigenvalue weighted by Crippen LogP contribution is -2.08. The highest BCUT2D eigenvalue weighted by Crippen LogP contribution is 2.42. The fraction of sp³-hybridized carbons (Fsp3) is 0.125.